The van der Waals surface area contributed by atoms with Crippen molar-refractivity contribution >= 4 is 5.78 Å². The molecule has 1 fully saturated rings. The first kappa shape index (κ1) is 11.7. The molecule has 1 aliphatic rings. The van der Waals surface area contributed by atoms with E-state index in [1.165, 1.54) is 19.3 Å². The monoisotopic (exact) mass is 196 g/mol. The van der Waals surface area contributed by atoms with Crippen LogP contribution in [0, 0.1) is 16.7 Å². The maximum Gasteiger partial charge on any atom is 0.130 e. The van der Waals surface area contributed by atoms with E-state index in [9.17, 15) is 4.79 Å². The van der Waals surface area contributed by atoms with E-state index < -0.39 is 0 Å². The van der Waals surface area contributed by atoms with Gasteiger partial charge in [0.25, 0.3) is 0 Å². The first-order valence-corrected chi connectivity index (χ1v) is 5.70. The fraction of sp³-hybridized carbons (Fsp3) is 0.923. The summed E-state index contributed by atoms with van der Waals surface area (Å²) in [5, 5.41) is 0. The summed E-state index contributed by atoms with van der Waals surface area (Å²) in [7, 11) is 0. The van der Waals surface area contributed by atoms with Crippen molar-refractivity contribution in [1.29, 1.82) is 0 Å². The van der Waals surface area contributed by atoms with Gasteiger partial charge in [0.15, 0.2) is 0 Å². The van der Waals surface area contributed by atoms with Crippen LogP contribution in [0.2, 0.25) is 0 Å². The van der Waals surface area contributed by atoms with Crippen molar-refractivity contribution in [3.63, 3.8) is 0 Å². The highest BCUT2D eigenvalue weighted by Gasteiger charge is 2.38. The maximum absolute atomic E-state index is 11.1. The van der Waals surface area contributed by atoms with Gasteiger partial charge in [-0.25, -0.2) is 0 Å². The molecule has 1 nitrogen and oxygen atoms in total. The lowest BCUT2D eigenvalue weighted by atomic mass is 9.61. The highest BCUT2D eigenvalue weighted by molar-refractivity contribution is 5.75. The molecule has 0 amide bonds. The van der Waals surface area contributed by atoms with Crippen LogP contribution in [0.3, 0.4) is 0 Å². The van der Waals surface area contributed by atoms with Crippen LogP contribution < -0.4 is 0 Å². The number of hydrogen-bond donors (Lipinski definition) is 0. The maximum atomic E-state index is 11.1. The molecular weight excluding hydrogens is 172 g/mol. The SMILES string of the molecule is CC(=O)CC1CC(C)(C)CC(C)(C)C1. The topological polar surface area (TPSA) is 17.1 Å². The van der Waals surface area contributed by atoms with E-state index >= 15 is 0 Å². The van der Waals surface area contributed by atoms with Crippen LogP contribution in [0.4, 0.5) is 0 Å². The van der Waals surface area contributed by atoms with Crippen molar-refractivity contribution in [3.8, 4) is 0 Å². The average Bonchev–Trinajstić information content (AvgIpc) is 1.74. The third-order valence-corrected chi connectivity index (χ3v) is 3.22. The molecule has 0 aromatic heterocycles. The minimum Gasteiger partial charge on any atom is -0.300 e. The molecule has 0 aromatic rings. The van der Waals surface area contributed by atoms with Gasteiger partial charge >= 0.3 is 0 Å². The number of ketones is 1. The van der Waals surface area contributed by atoms with Crippen LogP contribution in [0.15, 0.2) is 0 Å². The molecule has 1 rings (SSSR count). The molecule has 0 saturated heterocycles. The number of Topliss-reactive ketones (excluding diaryl/α,β-unsaturated/α-hetero) is 1. The van der Waals surface area contributed by atoms with Gasteiger partial charge in [-0.3, -0.25) is 0 Å². The first-order valence-electron chi connectivity index (χ1n) is 5.70. The van der Waals surface area contributed by atoms with Gasteiger partial charge in [0, 0.05) is 6.42 Å². The Morgan fingerprint density at radius 1 is 1.14 bits per heavy atom. The summed E-state index contributed by atoms with van der Waals surface area (Å²) in [4.78, 5) is 11.1. The Balaban J connectivity index is 2.66. The predicted octanol–water partition coefficient (Wildman–Crippen LogP) is 3.82. The molecule has 0 atom stereocenters. The van der Waals surface area contributed by atoms with Gasteiger partial charge in [0.05, 0.1) is 0 Å². The molecule has 0 bridgehead atoms. The fourth-order valence-electron chi connectivity index (χ4n) is 3.63. The van der Waals surface area contributed by atoms with Crippen LogP contribution >= 0.6 is 0 Å². The first-order chi connectivity index (χ1) is 6.20. The van der Waals surface area contributed by atoms with Crippen molar-refractivity contribution in [3.05, 3.63) is 0 Å². The van der Waals surface area contributed by atoms with Crippen molar-refractivity contribution in [1.82, 2.24) is 0 Å². The van der Waals surface area contributed by atoms with Gasteiger partial charge in [0.2, 0.25) is 0 Å². The summed E-state index contributed by atoms with van der Waals surface area (Å²) in [6.45, 7) is 11.1. The molecule has 14 heavy (non-hydrogen) atoms. The van der Waals surface area contributed by atoms with Crippen molar-refractivity contribution in [2.24, 2.45) is 16.7 Å². The Morgan fingerprint density at radius 3 is 1.93 bits per heavy atom. The minimum absolute atomic E-state index is 0.350. The quantitative estimate of drug-likeness (QED) is 0.656. The Kier molecular flexibility index (Phi) is 3.08. The summed E-state index contributed by atoms with van der Waals surface area (Å²) in [6.07, 6.45) is 4.51. The standard InChI is InChI=1S/C13H24O/c1-10(14)6-11-7-12(2,3)9-13(4,5)8-11/h11H,6-9H2,1-5H3. The highest BCUT2D eigenvalue weighted by atomic mass is 16.1. The Bertz CT molecular complexity index is 209. The molecule has 1 heteroatoms. The van der Waals surface area contributed by atoms with Gasteiger partial charge in [-0.1, -0.05) is 27.7 Å². The van der Waals surface area contributed by atoms with E-state index in [1.54, 1.807) is 6.92 Å². The Hall–Kier alpha value is -0.330. The summed E-state index contributed by atoms with van der Waals surface area (Å²) < 4.78 is 0. The Morgan fingerprint density at radius 2 is 1.57 bits per heavy atom. The molecule has 0 radical (unpaired) electrons. The summed E-state index contributed by atoms with van der Waals surface area (Å²) in [6, 6.07) is 0. The van der Waals surface area contributed by atoms with Gasteiger partial charge in [-0.2, -0.15) is 0 Å². The van der Waals surface area contributed by atoms with E-state index in [-0.39, 0.29) is 0 Å². The van der Waals surface area contributed by atoms with E-state index in [0.29, 0.717) is 22.5 Å². The van der Waals surface area contributed by atoms with E-state index in [1.807, 2.05) is 0 Å². The van der Waals surface area contributed by atoms with Crippen molar-refractivity contribution in [2.75, 3.05) is 0 Å². The molecule has 1 aliphatic carbocycles. The van der Waals surface area contributed by atoms with E-state index in [4.69, 9.17) is 0 Å². The highest BCUT2D eigenvalue weighted by Crippen LogP contribution is 2.49. The second-order valence-electron chi connectivity index (χ2n) is 6.69. The predicted molar refractivity (Wildman–Crippen MR) is 60.2 cm³/mol. The number of carbonyl (C=O) groups is 1. The van der Waals surface area contributed by atoms with Crippen LogP contribution in [0.5, 0.6) is 0 Å². The largest absolute Gasteiger partial charge is 0.300 e. The molecular formula is C13H24O. The fourth-order valence-corrected chi connectivity index (χ4v) is 3.63. The summed E-state index contributed by atoms with van der Waals surface area (Å²) >= 11 is 0. The molecule has 0 aliphatic heterocycles. The number of hydrogen-bond acceptors (Lipinski definition) is 1. The van der Waals surface area contributed by atoms with E-state index in [2.05, 4.69) is 27.7 Å². The van der Waals surface area contributed by atoms with Gasteiger partial charge in [-0.05, 0) is 42.9 Å². The van der Waals surface area contributed by atoms with Crippen LogP contribution in [0.1, 0.15) is 60.3 Å². The average molecular weight is 196 g/mol. The molecule has 0 unspecified atom stereocenters. The smallest absolute Gasteiger partial charge is 0.130 e. The van der Waals surface area contributed by atoms with Crippen LogP contribution in [-0.4, -0.2) is 5.78 Å². The van der Waals surface area contributed by atoms with Crippen molar-refractivity contribution < 1.29 is 4.79 Å². The summed E-state index contributed by atoms with van der Waals surface area (Å²) in [5.74, 6) is 0.967. The third kappa shape index (κ3) is 3.43. The lowest BCUT2D eigenvalue weighted by Crippen LogP contribution is -2.34. The summed E-state index contributed by atoms with van der Waals surface area (Å²) in [5.41, 5.74) is 0.837. The third-order valence-electron chi connectivity index (χ3n) is 3.22. The molecule has 0 heterocycles. The lowest BCUT2D eigenvalue weighted by molar-refractivity contribution is -0.118. The number of rotatable bonds is 2. The molecule has 1 saturated carbocycles. The molecule has 0 aromatic carbocycles. The zero-order valence-corrected chi connectivity index (χ0v) is 10.3. The normalized spacial score (nSPS) is 26.1. The molecule has 0 spiro atoms. The van der Waals surface area contributed by atoms with Gasteiger partial charge in [-0.15, -0.1) is 0 Å². The van der Waals surface area contributed by atoms with Crippen molar-refractivity contribution in [2.45, 2.75) is 60.3 Å². The zero-order chi connectivity index (χ0) is 11.0. The van der Waals surface area contributed by atoms with Gasteiger partial charge in [0.1, 0.15) is 5.78 Å². The zero-order valence-electron chi connectivity index (χ0n) is 10.3. The van der Waals surface area contributed by atoms with Gasteiger partial charge < -0.3 is 4.79 Å². The molecule has 0 N–H and O–H groups in total. The van der Waals surface area contributed by atoms with Crippen LogP contribution in [0.25, 0.3) is 0 Å². The lowest BCUT2D eigenvalue weighted by Gasteiger charge is -2.44. The molecule has 82 valence electrons. The Labute approximate surface area is 88.3 Å². The minimum atomic E-state index is 0.350. The van der Waals surface area contributed by atoms with E-state index in [0.717, 1.165) is 6.42 Å². The van der Waals surface area contributed by atoms with Crippen LogP contribution in [-0.2, 0) is 4.79 Å². The number of carbonyl (C=O) groups excluding carboxylic acids is 1. The second-order valence-corrected chi connectivity index (χ2v) is 6.69. The second kappa shape index (κ2) is 3.67.